The number of ether oxygens (including phenoxy) is 1. The molecule has 1 saturated heterocycles. The fourth-order valence-corrected chi connectivity index (χ4v) is 3.30. The van der Waals surface area contributed by atoms with Crippen molar-refractivity contribution in [2.45, 2.75) is 31.2 Å². The molecule has 1 aliphatic heterocycles. The number of piperidine rings is 1. The van der Waals surface area contributed by atoms with Gasteiger partial charge >= 0.3 is 6.09 Å². The number of nitrogens with zero attached hydrogens (tertiary/aromatic N) is 1. The average Bonchev–Trinajstić information content (AvgIpc) is 3.04. The van der Waals surface area contributed by atoms with Gasteiger partial charge in [0.05, 0.1) is 7.11 Å². The van der Waals surface area contributed by atoms with Crippen molar-refractivity contribution in [2.75, 3.05) is 13.7 Å². The smallest absolute Gasteiger partial charge is 0.409 e. The maximum Gasteiger partial charge on any atom is 0.409 e. The van der Waals surface area contributed by atoms with Crippen molar-refractivity contribution in [1.82, 2.24) is 10.1 Å². The van der Waals surface area contributed by atoms with Gasteiger partial charge < -0.3 is 14.2 Å². The Labute approximate surface area is 142 Å². The minimum atomic E-state index is -0.925. The third-order valence-corrected chi connectivity index (χ3v) is 4.53. The number of rotatable bonds is 3. The number of likely N-dealkylation sites (tertiary alicyclic amines) is 1. The molecule has 2 aromatic rings. The van der Waals surface area contributed by atoms with Crippen molar-refractivity contribution in [3.8, 4) is 0 Å². The Morgan fingerprint density at radius 1 is 1.36 bits per heavy atom. The summed E-state index contributed by atoms with van der Waals surface area (Å²) in [5, 5.41) is 2.26. The first-order valence-electron chi connectivity index (χ1n) is 7.95. The molecule has 3 rings (SSSR count). The highest BCUT2D eigenvalue weighted by Crippen LogP contribution is 2.33. The first-order valence-corrected chi connectivity index (χ1v) is 7.95. The summed E-state index contributed by atoms with van der Waals surface area (Å²) in [5.41, 5.74) is 0.261. The standard InChI is InChI=1S/C17H18F2N2O4/c1-24-17(23)21-5-4-11(15-9-16(22)20-25-15)8-12(21)6-10-2-3-13(18)14(19)7-10/h2-3,7,9,11-12H,4-6,8H2,1H3,(H,20,22)/t11-,12+/m0/s1. The molecule has 6 nitrogen and oxygen atoms in total. The molecule has 0 radical (unpaired) electrons. The number of hydrogen-bond acceptors (Lipinski definition) is 4. The summed E-state index contributed by atoms with van der Waals surface area (Å²) in [7, 11) is 1.30. The van der Waals surface area contributed by atoms with Crippen LogP contribution in [0.1, 0.15) is 30.1 Å². The third-order valence-electron chi connectivity index (χ3n) is 4.53. The highest BCUT2D eigenvalue weighted by Gasteiger charge is 2.34. The minimum absolute atomic E-state index is 0.0462. The summed E-state index contributed by atoms with van der Waals surface area (Å²) in [6, 6.07) is 4.81. The molecule has 2 atom stereocenters. The maximum absolute atomic E-state index is 13.5. The second-order valence-electron chi connectivity index (χ2n) is 6.11. The van der Waals surface area contributed by atoms with Crippen LogP contribution in [0.25, 0.3) is 0 Å². The van der Waals surface area contributed by atoms with Gasteiger partial charge in [-0.2, -0.15) is 5.16 Å². The number of methoxy groups -OCH3 is 1. The zero-order chi connectivity index (χ0) is 18.0. The predicted molar refractivity (Wildman–Crippen MR) is 84.3 cm³/mol. The van der Waals surface area contributed by atoms with Crippen LogP contribution in [0.2, 0.25) is 0 Å². The number of H-pyrrole nitrogens is 1. The maximum atomic E-state index is 13.5. The molecular weight excluding hydrogens is 334 g/mol. The predicted octanol–water partition coefficient (Wildman–Crippen LogP) is 2.80. The topological polar surface area (TPSA) is 75.5 Å². The first-order chi connectivity index (χ1) is 12.0. The summed E-state index contributed by atoms with van der Waals surface area (Å²) < 4.78 is 36.6. The third kappa shape index (κ3) is 3.72. The average molecular weight is 352 g/mol. The minimum Gasteiger partial charge on any atom is -0.453 e. The fourth-order valence-electron chi connectivity index (χ4n) is 3.30. The molecule has 0 aliphatic carbocycles. The Kier molecular flexibility index (Phi) is 4.87. The molecule has 1 N–H and O–H groups in total. The lowest BCUT2D eigenvalue weighted by Gasteiger charge is -2.38. The van der Waals surface area contributed by atoms with Gasteiger partial charge in [-0.3, -0.25) is 4.79 Å². The van der Waals surface area contributed by atoms with Gasteiger partial charge in [-0.25, -0.2) is 13.6 Å². The molecule has 1 fully saturated rings. The molecule has 25 heavy (non-hydrogen) atoms. The van der Waals surface area contributed by atoms with Crippen molar-refractivity contribution < 1.29 is 22.8 Å². The Morgan fingerprint density at radius 2 is 2.16 bits per heavy atom. The molecule has 8 heteroatoms. The summed E-state index contributed by atoms with van der Waals surface area (Å²) in [6.07, 6.45) is 1.01. The van der Waals surface area contributed by atoms with E-state index in [1.165, 1.54) is 19.2 Å². The van der Waals surface area contributed by atoms with E-state index in [4.69, 9.17) is 9.26 Å². The number of amides is 1. The van der Waals surface area contributed by atoms with Crippen LogP contribution in [0, 0.1) is 11.6 Å². The van der Waals surface area contributed by atoms with E-state index in [1.807, 2.05) is 0 Å². The van der Waals surface area contributed by atoms with E-state index in [1.54, 1.807) is 4.90 Å². The summed E-state index contributed by atoms with van der Waals surface area (Å²) >= 11 is 0. The van der Waals surface area contributed by atoms with E-state index >= 15 is 0 Å². The number of hydrogen-bond donors (Lipinski definition) is 1. The van der Waals surface area contributed by atoms with Crippen molar-refractivity contribution in [2.24, 2.45) is 0 Å². The van der Waals surface area contributed by atoms with Crippen LogP contribution in [0.4, 0.5) is 13.6 Å². The van der Waals surface area contributed by atoms with Crippen LogP contribution in [0.3, 0.4) is 0 Å². The Morgan fingerprint density at radius 3 is 2.80 bits per heavy atom. The lowest BCUT2D eigenvalue weighted by atomic mass is 9.86. The van der Waals surface area contributed by atoms with Gasteiger partial charge in [0.1, 0.15) is 5.76 Å². The van der Waals surface area contributed by atoms with Gasteiger partial charge in [-0.1, -0.05) is 6.07 Å². The summed E-state index contributed by atoms with van der Waals surface area (Å²) in [4.78, 5) is 24.9. The van der Waals surface area contributed by atoms with Gasteiger partial charge in [-0.15, -0.1) is 0 Å². The van der Waals surface area contributed by atoms with E-state index in [2.05, 4.69) is 5.16 Å². The van der Waals surface area contributed by atoms with E-state index in [0.29, 0.717) is 37.1 Å². The number of halogens is 2. The molecule has 1 amide bonds. The van der Waals surface area contributed by atoms with Crippen molar-refractivity contribution in [3.05, 3.63) is 57.6 Å². The largest absolute Gasteiger partial charge is 0.453 e. The zero-order valence-corrected chi connectivity index (χ0v) is 13.6. The van der Waals surface area contributed by atoms with Crippen molar-refractivity contribution >= 4 is 6.09 Å². The quantitative estimate of drug-likeness (QED) is 0.922. The lowest BCUT2D eigenvalue weighted by molar-refractivity contribution is 0.0816. The van der Waals surface area contributed by atoms with Gasteiger partial charge in [0.2, 0.25) is 0 Å². The molecular formula is C17H18F2N2O4. The number of nitrogens with one attached hydrogen (secondary N) is 1. The molecule has 2 heterocycles. The van der Waals surface area contributed by atoms with E-state index in [-0.39, 0.29) is 17.5 Å². The number of carbonyl (C=O) groups is 1. The molecule has 0 saturated carbocycles. The van der Waals surface area contributed by atoms with Crippen molar-refractivity contribution in [3.63, 3.8) is 0 Å². The highest BCUT2D eigenvalue weighted by atomic mass is 19.2. The second-order valence-corrected chi connectivity index (χ2v) is 6.11. The summed E-state index contributed by atoms with van der Waals surface area (Å²) in [6.45, 7) is 0.417. The van der Waals surface area contributed by atoms with Gasteiger partial charge in [-0.05, 0) is 37.0 Å². The molecule has 0 unspecified atom stereocenters. The van der Waals surface area contributed by atoms with Crippen LogP contribution < -0.4 is 5.56 Å². The van der Waals surface area contributed by atoms with E-state index < -0.39 is 17.7 Å². The molecule has 0 spiro atoms. The van der Waals surface area contributed by atoms with Crippen molar-refractivity contribution in [1.29, 1.82) is 0 Å². The van der Waals surface area contributed by atoms with Crippen LogP contribution in [0.5, 0.6) is 0 Å². The second kappa shape index (κ2) is 7.08. The van der Waals surface area contributed by atoms with Crippen LogP contribution in [0.15, 0.2) is 33.6 Å². The van der Waals surface area contributed by atoms with Gasteiger partial charge in [0.15, 0.2) is 11.6 Å². The molecule has 1 aliphatic rings. The van der Waals surface area contributed by atoms with E-state index in [0.717, 1.165) is 12.1 Å². The van der Waals surface area contributed by atoms with Gasteiger partial charge in [0, 0.05) is 24.6 Å². The number of aromatic amines is 1. The summed E-state index contributed by atoms with van der Waals surface area (Å²) in [5.74, 6) is -1.35. The molecule has 1 aromatic carbocycles. The fraction of sp³-hybridized carbons (Fsp3) is 0.412. The van der Waals surface area contributed by atoms with Crippen LogP contribution in [-0.2, 0) is 11.2 Å². The Balaban J connectivity index is 1.82. The first kappa shape index (κ1) is 17.2. The number of carbonyl (C=O) groups excluding carboxylic acids is 1. The Hall–Kier alpha value is -2.64. The van der Waals surface area contributed by atoms with E-state index in [9.17, 15) is 18.4 Å². The Bertz CT molecular complexity index is 817. The number of benzene rings is 1. The normalized spacial score (nSPS) is 20.5. The SMILES string of the molecule is COC(=O)N1CC[C@H](c2cc(=O)[nH]o2)C[C@H]1Cc1ccc(F)c(F)c1. The van der Waals surface area contributed by atoms with Gasteiger partial charge in [0.25, 0.3) is 5.56 Å². The molecule has 134 valence electrons. The number of aromatic nitrogens is 1. The van der Waals surface area contributed by atoms with Crippen LogP contribution in [-0.4, -0.2) is 35.8 Å². The lowest BCUT2D eigenvalue weighted by Crippen LogP contribution is -2.46. The monoisotopic (exact) mass is 352 g/mol. The molecule has 0 bridgehead atoms. The zero-order valence-electron chi connectivity index (χ0n) is 13.6. The van der Waals surface area contributed by atoms with Crippen LogP contribution >= 0.6 is 0 Å². The molecule has 1 aromatic heterocycles. The highest BCUT2D eigenvalue weighted by molar-refractivity contribution is 5.68.